The Balaban J connectivity index is 2.34. The summed E-state index contributed by atoms with van der Waals surface area (Å²) < 4.78 is 11.0. The van der Waals surface area contributed by atoms with Crippen LogP contribution in [0.4, 0.5) is 0 Å². The minimum absolute atomic E-state index is 0.203. The van der Waals surface area contributed by atoms with Crippen molar-refractivity contribution in [2.75, 3.05) is 26.9 Å². The van der Waals surface area contributed by atoms with E-state index in [0.29, 0.717) is 18.5 Å². The molecular formula is C16H33N3O2. The standard InChI is InChI=1S/C16H33N3O2/c1-13(2)6-5-7-14(3)19-15(17)18-12-16(20-4)8-10-21-11-9-16/h13-14H,5-12H2,1-4H3,(H3,17,18,19). The Hall–Kier alpha value is -0.810. The smallest absolute Gasteiger partial charge is 0.188 e. The van der Waals surface area contributed by atoms with Gasteiger partial charge < -0.3 is 20.5 Å². The molecule has 5 nitrogen and oxygen atoms in total. The maximum Gasteiger partial charge on any atom is 0.188 e. The van der Waals surface area contributed by atoms with Crippen LogP contribution in [0.5, 0.6) is 0 Å². The van der Waals surface area contributed by atoms with E-state index in [1.807, 2.05) is 0 Å². The fourth-order valence-electron chi connectivity index (χ4n) is 2.60. The van der Waals surface area contributed by atoms with Crippen molar-refractivity contribution in [2.45, 2.75) is 64.5 Å². The molecule has 1 heterocycles. The highest BCUT2D eigenvalue weighted by Gasteiger charge is 2.32. The molecule has 1 saturated heterocycles. The molecule has 3 N–H and O–H groups in total. The highest BCUT2D eigenvalue weighted by molar-refractivity contribution is 5.78. The van der Waals surface area contributed by atoms with Crippen LogP contribution in [0.25, 0.3) is 0 Å². The van der Waals surface area contributed by atoms with Gasteiger partial charge in [0, 0.05) is 39.2 Å². The quantitative estimate of drug-likeness (QED) is 0.533. The number of nitrogens with zero attached hydrogens (tertiary/aromatic N) is 1. The third kappa shape index (κ3) is 7.14. The Morgan fingerprint density at radius 1 is 1.29 bits per heavy atom. The van der Waals surface area contributed by atoms with Crippen molar-refractivity contribution in [1.82, 2.24) is 5.32 Å². The zero-order valence-corrected chi connectivity index (χ0v) is 14.2. The second-order valence-electron chi connectivity index (χ2n) is 6.57. The van der Waals surface area contributed by atoms with Gasteiger partial charge in [-0.15, -0.1) is 0 Å². The second-order valence-corrected chi connectivity index (χ2v) is 6.57. The highest BCUT2D eigenvalue weighted by atomic mass is 16.5. The Kier molecular flexibility index (Phi) is 8.04. The molecule has 1 aliphatic rings. The summed E-state index contributed by atoms with van der Waals surface area (Å²) in [5, 5.41) is 3.28. The first-order chi connectivity index (χ1) is 9.97. The first kappa shape index (κ1) is 18.2. The van der Waals surface area contributed by atoms with E-state index in [2.05, 4.69) is 31.1 Å². The molecule has 0 radical (unpaired) electrons. The molecule has 124 valence electrons. The van der Waals surface area contributed by atoms with Crippen LogP contribution in [0, 0.1) is 5.92 Å². The summed E-state index contributed by atoms with van der Waals surface area (Å²) in [7, 11) is 1.75. The molecule has 1 unspecified atom stereocenters. The lowest BCUT2D eigenvalue weighted by atomic mass is 9.94. The van der Waals surface area contributed by atoms with Crippen molar-refractivity contribution >= 4 is 5.96 Å². The highest BCUT2D eigenvalue weighted by Crippen LogP contribution is 2.24. The molecule has 1 aliphatic heterocycles. The summed E-state index contributed by atoms with van der Waals surface area (Å²) in [6.07, 6.45) is 5.36. The van der Waals surface area contributed by atoms with E-state index >= 15 is 0 Å². The first-order valence-corrected chi connectivity index (χ1v) is 8.17. The van der Waals surface area contributed by atoms with Gasteiger partial charge in [-0.05, 0) is 19.3 Å². The van der Waals surface area contributed by atoms with Crippen LogP contribution >= 0.6 is 0 Å². The van der Waals surface area contributed by atoms with E-state index in [1.54, 1.807) is 7.11 Å². The summed E-state index contributed by atoms with van der Waals surface area (Å²) in [4.78, 5) is 4.48. The Bertz CT molecular complexity index is 313. The second kappa shape index (κ2) is 9.26. The maximum atomic E-state index is 5.99. The molecule has 0 bridgehead atoms. The number of rotatable bonds is 8. The SMILES string of the molecule is COC1(CN=C(N)NC(C)CCCC(C)C)CCOCC1. The van der Waals surface area contributed by atoms with E-state index < -0.39 is 0 Å². The fourth-order valence-corrected chi connectivity index (χ4v) is 2.60. The van der Waals surface area contributed by atoms with E-state index in [0.717, 1.165) is 38.4 Å². The first-order valence-electron chi connectivity index (χ1n) is 8.17. The van der Waals surface area contributed by atoms with Gasteiger partial charge in [0.15, 0.2) is 5.96 Å². The molecule has 0 aromatic carbocycles. The van der Waals surface area contributed by atoms with Crippen LogP contribution < -0.4 is 11.1 Å². The summed E-state index contributed by atoms with van der Waals surface area (Å²) in [5.41, 5.74) is 5.79. The molecule has 0 spiro atoms. The van der Waals surface area contributed by atoms with Gasteiger partial charge >= 0.3 is 0 Å². The van der Waals surface area contributed by atoms with Crippen LogP contribution in [0.1, 0.15) is 52.9 Å². The van der Waals surface area contributed by atoms with Gasteiger partial charge in [-0.1, -0.05) is 26.7 Å². The Morgan fingerprint density at radius 2 is 1.95 bits per heavy atom. The van der Waals surface area contributed by atoms with Gasteiger partial charge in [-0.25, -0.2) is 0 Å². The van der Waals surface area contributed by atoms with Crippen molar-refractivity contribution in [1.29, 1.82) is 0 Å². The van der Waals surface area contributed by atoms with Crippen LogP contribution in [-0.2, 0) is 9.47 Å². The van der Waals surface area contributed by atoms with Crippen molar-refractivity contribution < 1.29 is 9.47 Å². The third-order valence-corrected chi connectivity index (χ3v) is 4.19. The van der Waals surface area contributed by atoms with E-state index in [-0.39, 0.29) is 5.60 Å². The molecule has 0 saturated carbocycles. The largest absolute Gasteiger partial charge is 0.381 e. The molecular weight excluding hydrogens is 266 g/mol. The summed E-state index contributed by atoms with van der Waals surface area (Å²) >= 11 is 0. The molecule has 0 aromatic rings. The lowest BCUT2D eigenvalue weighted by Crippen LogP contribution is -2.44. The van der Waals surface area contributed by atoms with Gasteiger partial charge in [-0.2, -0.15) is 0 Å². The van der Waals surface area contributed by atoms with Crippen molar-refractivity contribution in [3.63, 3.8) is 0 Å². The number of methoxy groups -OCH3 is 1. The normalized spacial score (nSPS) is 20.5. The van der Waals surface area contributed by atoms with E-state index in [9.17, 15) is 0 Å². The van der Waals surface area contributed by atoms with Crippen molar-refractivity contribution in [3.05, 3.63) is 0 Å². The van der Waals surface area contributed by atoms with Crippen LogP contribution in [-0.4, -0.2) is 44.5 Å². The Labute approximate surface area is 129 Å². The fraction of sp³-hybridized carbons (Fsp3) is 0.938. The third-order valence-electron chi connectivity index (χ3n) is 4.19. The van der Waals surface area contributed by atoms with Gasteiger partial charge in [0.1, 0.15) is 0 Å². The van der Waals surface area contributed by atoms with Crippen molar-refractivity contribution in [2.24, 2.45) is 16.6 Å². The molecule has 1 fully saturated rings. The molecule has 0 aromatic heterocycles. The van der Waals surface area contributed by atoms with Gasteiger partial charge in [0.25, 0.3) is 0 Å². The van der Waals surface area contributed by atoms with Gasteiger partial charge in [0.2, 0.25) is 0 Å². The summed E-state index contributed by atoms with van der Waals surface area (Å²) in [6.45, 7) is 8.75. The molecule has 1 rings (SSSR count). The lowest BCUT2D eigenvalue weighted by Gasteiger charge is -2.34. The van der Waals surface area contributed by atoms with Gasteiger partial charge in [0.05, 0.1) is 12.1 Å². The maximum absolute atomic E-state index is 5.99. The number of aliphatic imine (C=N–C) groups is 1. The average molecular weight is 299 g/mol. The minimum atomic E-state index is -0.203. The summed E-state index contributed by atoms with van der Waals surface area (Å²) in [6, 6.07) is 0.362. The zero-order chi connectivity index (χ0) is 15.7. The van der Waals surface area contributed by atoms with Gasteiger partial charge in [-0.3, -0.25) is 4.99 Å². The number of guanidine groups is 1. The predicted octanol–water partition coefficient (Wildman–Crippen LogP) is 2.30. The molecule has 5 heteroatoms. The molecule has 0 aliphatic carbocycles. The van der Waals surface area contributed by atoms with Crippen LogP contribution in [0.2, 0.25) is 0 Å². The molecule has 21 heavy (non-hydrogen) atoms. The van der Waals surface area contributed by atoms with Crippen LogP contribution in [0.3, 0.4) is 0 Å². The van der Waals surface area contributed by atoms with E-state index in [4.69, 9.17) is 15.2 Å². The van der Waals surface area contributed by atoms with E-state index in [1.165, 1.54) is 12.8 Å². The minimum Gasteiger partial charge on any atom is -0.381 e. The topological polar surface area (TPSA) is 68.9 Å². The monoisotopic (exact) mass is 299 g/mol. The number of nitrogens with one attached hydrogen (secondary N) is 1. The number of nitrogens with two attached hydrogens (primary N) is 1. The van der Waals surface area contributed by atoms with Crippen molar-refractivity contribution in [3.8, 4) is 0 Å². The number of hydrogen-bond donors (Lipinski definition) is 2. The predicted molar refractivity (Wildman–Crippen MR) is 87.6 cm³/mol. The summed E-state index contributed by atoms with van der Waals surface area (Å²) in [5.74, 6) is 1.29. The zero-order valence-electron chi connectivity index (χ0n) is 14.2. The molecule has 0 amide bonds. The molecule has 1 atom stereocenters. The lowest BCUT2D eigenvalue weighted by molar-refractivity contribution is -0.0828. The van der Waals surface area contributed by atoms with Crippen LogP contribution in [0.15, 0.2) is 4.99 Å². The number of ether oxygens (including phenoxy) is 2. The number of hydrogen-bond acceptors (Lipinski definition) is 3. The Morgan fingerprint density at radius 3 is 2.52 bits per heavy atom. The average Bonchev–Trinajstić information content (AvgIpc) is 2.46.